The summed E-state index contributed by atoms with van der Waals surface area (Å²) in [6.45, 7) is 0. The largest absolute Gasteiger partial charge is 0.305 e. The van der Waals surface area contributed by atoms with Crippen molar-refractivity contribution in [2.75, 3.05) is 5.32 Å². The molecular weight excluding hydrogens is 318 g/mol. The molecule has 0 aliphatic carbocycles. The standard InChI is InChI=1S/C11H4Cl2F3N3O/c12-8-9(13)17-3-18-10(8)19-11(20)7-5(15)1-4(14)2-6(7)16/h1-3H,(H,17,18,19,20). The molecule has 104 valence electrons. The predicted octanol–water partition coefficient (Wildman–Crippen LogP) is 3.45. The lowest BCUT2D eigenvalue weighted by atomic mass is 10.2. The molecule has 0 aliphatic heterocycles. The molecule has 0 unspecified atom stereocenters. The van der Waals surface area contributed by atoms with Crippen LogP contribution in [0.1, 0.15) is 10.4 Å². The van der Waals surface area contributed by atoms with Gasteiger partial charge in [0.15, 0.2) is 11.0 Å². The number of benzene rings is 1. The second kappa shape index (κ2) is 5.64. The molecule has 0 atom stereocenters. The molecule has 1 heterocycles. The van der Waals surface area contributed by atoms with Crippen molar-refractivity contribution in [1.82, 2.24) is 9.97 Å². The first-order valence-corrected chi connectivity index (χ1v) is 5.77. The summed E-state index contributed by atoms with van der Waals surface area (Å²) in [6, 6.07) is 0.763. The third-order valence-electron chi connectivity index (χ3n) is 2.21. The minimum atomic E-state index is -1.35. The average molecular weight is 322 g/mol. The van der Waals surface area contributed by atoms with Crippen LogP contribution in [0.2, 0.25) is 10.2 Å². The summed E-state index contributed by atoms with van der Waals surface area (Å²) < 4.78 is 39.6. The second-order valence-corrected chi connectivity index (χ2v) is 4.26. The van der Waals surface area contributed by atoms with Crippen LogP contribution in [0, 0.1) is 17.5 Å². The van der Waals surface area contributed by atoms with E-state index in [0.717, 1.165) is 6.33 Å². The number of amides is 1. The van der Waals surface area contributed by atoms with E-state index >= 15 is 0 Å². The van der Waals surface area contributed by atoms with E-state index in [9.17, 15) is 18.0 Å². The van der Waals surface area contributed by atoms with Crippen LogP contribution in [0.5, 0.6) is 0 Å². The summed E-state index contributed by atoms with van der Waals surface area (Å²) in [5.41, 5.74) is -0.961. The molecule has 9 heteroatoms. The number of rotatable bonds is 2. The van der Waals surface area contributed by atoms with E-state index in [1.165, 1.54) is 0 Å². The molecule has 0 saturated carbocycles. The van der Waals surface area contributed by atoms with Gasteiger partial charge in [0.2, 0.25) is 0 Å². The van der Waals surface area contributed by atoms with Gasteiger partial charge in [-0.25, -0.2) is 23.1 Å². The van der Waals surface area contributed by atoms with Gasteiger partial charge in [-0.2, -0.15) is 0 Å². The highest BCUT2D eigenvalue weighted by Crippen LogP contribution is 2.26. The minimum Gasteiger partial charge on any atom is -0.305 e. The summed E-state index contributed by atoms with van der Waals surface area (Å²) in [7, 11) is 0. The first-order chi connectivity index (χ1) is 9.40. The first-order valence-electron chi connectivity index (χ1n) is 5.02. The van der Waals surface area contributed by atoms with E-state index in [2.05, 4.69) is 15.3 Å². The van der Waals surface area contributed by atoms with E-state index in [1.807, 2.05) is 0 Å². The van der Waals surface area contributed by atoms with Crippen molar-refractivity contribution in [2.24, 2.45) is 0 Å². The molecule has 1 amide bonds. The molecule has 2 aromatic rings. The Bertz CT molecular complexity index is 674. The Morgan fingerprint density at radius 3 is 2.30 bits per heavy atom. The number of hydrogen-bond acceptors (Lipinski definition) is 3. The lowest BCUT2D eigenvalue weighted by Gasteiger charge is -2.08. The van der Waals surface area contributed by atoms with Gasteiger partial charge in [-0.1, -0.05) is 23.2 Å². The van der Waals surface area contributed by atoms with Crippen LogP contribution in [0.3, 0.4) is 0 Å². The Labute approximate surface area is 120 Å². The maximum atomic E-state index is 13.4. The van der Waals surface area contributed by atoms with Crippen molar-refractivity contribution in [3.05, 3.63) is 51.7 Å². The van der Waals surface area contributed by atoms with Gasteiger partial charge < -0.3 is 5.32 Å². The molecule has 20 heavy (non-hydrogen) atoms. The van der Waals surface area contributed by atoms with Crippen LogP contribution in [0.15, 0.2) is 18.5 Å². The Morgan fingerprint density at radius 1 is 1.10 bits per heavy atom. The summed E-state index contributed by atoms with van der Waals surface area (Å²) in [4.78, 5) is 18.9. The van der Waals surface area contributed by atoms with Crippen LogP contribution >= 0.6 is 23.2 Å². The summed E-state index contributed by atoms with van der Waals surface area (Å²) in [5, 5.41) is 1.73. The molecule has 0 aliphatic rings. The van der Waals surface area contributed by atoms with Crippen molar-refractivity contribution in [3.63, 3.8) is 0 Å². The normalized spacial score (nSPS) is 10.4. The Morgan fingerprint density at radius 2 is 1.70 bits per heavy atom. The van der Waals surface area contributed by atoms with E-state index in [4.69, 9.17) is 23.2 Å². The van der Waals surface area contributed by atoms with E-state index in [0.29, 0.717) is 12.1 Å². The number of anilines is 1. The zero-order valence-corrected chi connectivity index (χ0v) is 10.9. The predicted molar refractivity (Wildman–Crippen MR) is 66.3 cm³/mol. The molecular formula is C11H4Cl2F3N3O. The molecule has 1 aromatic carbocycles. The van der Waals surface area contributed by atoms with Gasteiger partial charge in [0.05, 0.1) is 0 Å². The Kier molecular flexibility index (Phi) is 4.10. The molecule has 2 rings (SSSR count). The molecule has 0 fully saturated rings. The van der Waals surface area contributed by atoms with E-state index in [1.54, 1.807) is 0 Å². The number of carbonyl (C=O) groups excluding carboxylic acids is 1. The van der Waals surface area contributed by atoms with Crippen LogP contribution < -0.4 is 5.32 Å². The van der Waals surface area contributed by atoms with Crippen LogP contribution in [0.25, 0.3) is 0 Å². The van der Waals surface area contributed by atoms with Crippen LogP contribution in [-0.2, 0) is 0 Å². The van der Waals surface area contributed by atoms with Crippen molar-refractivity contribution >= 4 is 34.9 Å². The quantitative estimate of drug-likeness (QED) is 0.862. The number of halogens is 5. The smallest absolute Gasteiger partial charge is 0.262 e. The molecule has 0 saturated heterocycles. The summed E-state index contributed by atoms with van der Waals surface area (Å²) in [5.74, 6) is -5.25. The van der Waals surface area contributed by atoms with Gasteiger partial charge in [0.25, 0.3) is 5.91 Å². The molecule has 0 bridgehead atoms. The average Bonchev–Trinajstić information content (AvgIpc) is 2.33. The fraction of sp³-hybridized carbons (Fsp3) is 0. The zero-order valence-electron chi connectivity index (χ0n) is 9.42. The molecule has 1 aromatic heterocycles. The van der Waals surface area contributed by atoms with Crippen molar-refractivity contribution in [1.29, 1.82) is 0 Å². The van der Waals surface area contributed by atoms with Crippen molar-refractivity contribution < 1.29 is 18.0 Å². The van der Waals surface area contributed by atoms with Gasteiger partial charge in [-0.05, 0) is 0 Å². The maximum absolute atomic E-state index is 13.4. The van der Waals surface area contributed by atoms with Crippen molar-refractivity contribution in [3.8, 4) is 0 Å². The summed E-state index contributed by atoms with van der Waals surface area (Å²) in [6.07, 6.45) is 1.00. The topological polar surface area (TPSA) is 54.9 Å². The Hall–Kier alpha value is -1.86. The zero-order chi connectivity index (χ0) is 14.9. The van der Waals surface area contributed by atoms with E-state index in [-0.39, 0.29) is 16.0 Å². The van der Waals surface area contributed by atoms with Crippen LogP contribution in [0.4, 0.5) is 19.0 Å². The third-order valence-corrected chi connectivity index (χ3v) is 2.95. The number of nitrogens with one attached hydrogen (secondary N) is 1. The van der Waals surface area contributed by atoms with Gasteiger partial charge in [0.1, 0.15) is 34.4 Å². The highest BCUT2D eigenvalue weighted by Gasteiger charge is 2.20. The van der Waals surface area contributed by atoms with Gasteiger partial charge in [-0.15, -0.1) is 0 Å². The third kappa shape index (κ3) is 2.83. The summed E-state index contributed by atoms with van der Waals surface area (Å²) >= 11 is 11.3. The minimum absolute atomic E-state index is 0.142. The molecule has 4 nitrogen and oxygen atoms in total. The van der Waals surface area contributed by atoms with Gasteiger partial charge in [-0.3, -0.25) is 4.79 Å². The fourth-order valence-electron chi connectivity index (χ4n) is 1.36. The SMILES string of the molecule is O=C(Nc1ncnc(Cl)c1Cl)c1c(F)cc(F)cc1F. The highest BCUT2D eigenvalue weighted by atomic mass is 35.5. The lowest BCUT2D eigenvalue weighted by molar-refractivity contribution is 0.101. The van der Waals surface area contributed by atoms with Gasteiger partial charge >= 0.3 is 0 Å². The fourth-order valence-corrected chi connectivity index (χ4v) is 1.64. The number of nitrogens with zero attached hydrogens (tertiary/aromatic N) is 2. The molecule has 0 spiro atoms. The molecule has 0 radical (unpaired) electrons. The van der Waals surface area contributed by atoms with Crippen LogP contribution in [-0.4, -0.2) is 15.9 Å². The van der Waals surface area contributed by atoms with Gasteiger partial charge in [0, 0.05) is 12.1 Å². The maximum Gasteiger partial charge on any atom is 0.262 e. The number of hydrogen-bond donors (Lipinski definition) is 1. The monoisotopic (exact) mass is 321 g/mol. The molecule has 1 N–H and O–H groups in total. The lowest BCUT2D eigenvalue weighted by Crippen LogP contribution is -2.17. The number of carbonyl (C=O) groups is 1. The Balaban J connectivity index is 2.36. The van der Waals surface area contributed by atoms with Crippen molar-refractivity contribution in [2.45, 2.75) is 0 Å². The first kappa shape index (κ1) is 14.5. The van der Waals surface area contributed by atoms with E-state index < -0.39 is 28.9 Å². The highest BCUT2D eigenvalue weighted by molar-refractivity contribution is 6.43. The number of aromatic nitrogens is 2. The second-order valence-electron chi connectivity index (χ2n) is 3.53.